The van der Waals surface area contributed by atoms with Gasteiger partial charge in [-0.1, -0.05) is 50.1 Å². The van der Waals surface area contributed by atoms with E-state index in [0.29, 0.717) is 19.3 Å². The summed E-state index contributed by atoms with van der Waals surface area (Å²) in [7, 11) is -3.82. The van der Waals surface area contributed by atoms with E-state index in [9.17, 15) is 23.1 Å². The van der Waals surface area contributed by atoms with Crippen molar-refractivity contribution in [3.05, 3.63) is 35.9 Å². The molecule has 0 spiro atoms. The van der Waals surface area contributed by atoms with Crippen LogP contribution in [0.3, 0.4) is 0 Å². The van der Waals surface area contributed by atoms with Gasteiger partial charge in [0.15, 0.2) is 14.6 Å². The van der Waals surface area contributed by atoms with Gasteiger partial charge >= 0.3 is 12.1 Å². The van der Waals surface area contributed by atoms with Crippen molar-refractivity contribution in [3.63, 3.8) is 0 Å². The van der Waals surface area contributed by atoms with Crippen LogP contribution in [-0.2, 0) is 26.0 Å². The molecule has 1 aliphatic rings. The maximum absolute atomic E-state index is 12.5. The average molecular weight is 412 g/mol. The summed E-state index contributed by atoms with van der Waals surface area (Å²) in [6.07, 6.45) is 2.54. The highest BCUT2D eigenvalue weighted by Gasteiger charge is 2.54. The van der Waals surface area contributed by atoms with Gasteiger partial charge in [-0.05, 0) is 30.7 Å². The molecule has 0 saturated carbocycles. The summed E-state index contributed by atoms with van der Waals surface area (Å²) in [6.45, 7) is 2.64. The minimum Gasteiger partial charge on any atom is -0.480 e. The number of amides is 1. The monoisotopic (exact) mass is 411 g/mol. The van der Waals surface area contributed by atoms with Crippen LogP contribution in [0.25, 0.3) is 0 Å². The number of sulfone groups is 1. The number of hydrogen-bond donors (Lipinski definition) is 1. The summed E-state index contributed by atoms with van der Waals surface area (Å²) in [6, 6.07) is 9.33. The van der Waals surface area contributed by atoms with Crippen LogP contribution in [0.2, 0.25) is 0 Å². The molecule has 0 radical (unpaired) electrons. The van der Waals surface area contributed by atoms with Crippen molar-refractivity contribution < 1.29 is 27.9 Å². The summed E-state index contributed by atoms with van der Waals surface area (Å²) in [4.78, 5) is 25.9. The van der Waals surface area contributed by atoms with E-state index in [0.717, 1.165) is 18.2 Å². The Labute approximate surface area is 166 Å². The molecule has 1 N–H and O–H groups in total. The van der Waals surface area contributed by atoms with Crippen molar-refractivity contribution >= 4 is 21.9 Å². The van der Waals surface area contributed by atoms with Crippen LogP contribution >= 0.6 is 0 Å². The molecule has 1 aromatic rings. The molecule has 1 heterocycles. The minimum absolute atomic E-state index is 0.0980. The third-order valence-corrected chi connectivity index (χ3v) is 7.58. The zero-order valence-corrected chi connectivity index (χ0v) is 17.3. The SMILES string of the molecule is CCCC[C@](C(=O)O)(C1CCN(C(=O)OCc2ccccc2)CC1)S(C)(=O)=O. The van der Waals surface area contributed by atoms with Gasteiger partial charge in [0.1, 0.15) is 6.61 Å². The largest absolute Gasteiger partial charge is 0.480 e. The van der Waals surface area contributed by atoms with Crippen molar-refractivity contribution in [2.24, 2.45) is 5.92 Å². The number of benzene rings is 1. The Balaban J connectivity index is 2.03. The van der Waals surface area contributed by atoms with Gasteiger partial charge in [-0.15, -0.1) is 0 Å². The molecule has 8 heteroatoms. The number of unbranched alkanes of at least 4 members (excludes halogenated alkanes) is 1. The van der Waals surface area contributed by atoms with Crippen LogP contribution < -0.4 is 0 Å². The van der Waals surface area contributed by atoms with E-state index in [1.807, 2.05) is 37.3 Å². The van der Waals surface area contributed by atoms with E-state index in [4.69, 9.17) is 4.74 Å². The van der Waals surface area contributed by atoms with Crippen LogP contribution in [0, 0.1) is 5.92 Å². The molecule has 2 rings (SSSR count). The first kappa shape index (κ1) is 22.2. The van der Waals surface area contributed by atoms with Gasteiger partial charge in [0.25, 0.3) is 0 Å². The number of carboxylic acid groups (broad SMARTS) is 1. The minimum atomic E-state index is -3.82. The molecule has 1 aromatic carbocycles. The summed E-state index contributed by atoms with van der Waals surface area (Å²) < 4.78 is 28.5. The van der Waals surface area contributed by atoms with E-state index in [-0.39, 0.29) is 26.1 Å². The number of aliphatic carboxylic acids is 1. The van der Waals surface area contributed by atoms with Gasteiger partial charge in [-0.3, -0.25) is 4.79 Å². The second kappa shape index (κ2) is 9.41. The summed E-state index contributed by atoms with van der Waals surface area (Å²) in [5.41, 5.74) is 0.882. The zero-order valence-electron chi connectivity index (χ0n) is 16.5. The van der Waals surface area contributed by atoms with E-state index in [1.165, 1.54) is 4.90 Å². The number of hydrogen-bond acceptors (Lipinski definition) is 5. The van der Waals surface area contributed by atoms with Crippen molar-refractivity contribution in [3.8, 4) is 0 Å². The Morgan fingerprint density at radius 2 is 1.82 bits per heavy atom. The summed E-state index contributed by atoms with van der Waals surface area (Å²) in [5, 5.41) is 9.84. The highest BCUT2D eigenvalue weighted by molar-refractivity contribution is 7.92. The molecule has 1 amide bonds. The molecule has 0 unspecified atom stereocenters. The number of piperidine rings is 1. The molecule has 0 aromatic heterocycles. The Morgan fingerprint density at radius 1 is 1.21 bits per heavy atom. The number of carboxylic acids is 1. The lowest BCUT2D eigenvalue weighted by Crippen LogP contribution is -2.55. The maximum atomic E-state index is 12.5. The number of likely N-dealkylation sites (tertiary alicyclic amines) is 1. The quantitative estimate of drug-likeness (QED) is 0.705. The standard InChI is InChI=1S/C20H29NO6S/c1-3-4-12-20(18(22)23,28(2,25)26)17-10-13-21(14-11-17)19(24)27-15-16-8-6-5-7-9-16/h5-9,17H,3-4,10-15H2,1-2H3,(H,22,23)/t20-/m1/s1. The molecule has 0 aliphatic carbocycles. The fourth-order valence-electron chi connectivity index (χ4n) is 3.91. The Kier molecular flexibility index (Phi) is 7.46. The van der Waals surface area contributed by atoms with Gasteiger partial charge < -0.3 is 14.7 Å². The Bertz CT molecular complexity index is 771. The summed E-state index contributed by atoms with van der Waals surface area (Å²) >= 11 is 0. The average Bonchev–Trinajstić information content (AvgIpc) is 2.66. The first-order valence-corrected chi connectivity index (χ1v) is 11.5. The molecule has 28 heavy (non-hydrogen) atoms. The number of ether oxygens (including phenoxy) is 1. The zero-order chi connectivity index (χ0) is 20.8. The highest BCUT2D eigenvalue weighted by Crippen LogP contribution is 2.39. The van der Waals surface area contributed by atoms with Crippen LogP contribution in [0.4, 0.5) is 4.79 Å². The molecule has 0 bridgehead atoms. The first-order valence-electron chi connectivity index (χ1n) is 9.61. The molecule has 1 aliphatic heterocycles. The van der Waals surface area contributed by atoms with Crippen molar-refractivity contribution in [2.75, 3.05) is 19.3 Å². The number of nitrogens with zero attached hydrogens (tertiary/aromatic N) is 1. The molecule has 156 valence electrons. The first-order chi connectivity index (χ1) is 13.2. The second-order valence-electron chi connectivity index (χ2n) is 7.37. The predicted octanol–water partition coefficient (Wildman–Crippen LogP) is 3.09. The van der Waals surface area contributed by atoms with Gasteiger partial charge in [0.2, 0.25) is 0 Å². The molecular weight excluding hydrogens is 382 g/mol. The molecule has 1 atom stereocenters. The Hall–Kier alpha value is -2.09. The molecule has 1 saturated heterocycles. The predicted molar refractivity (Wildman–Crippen MR) is 106 cm³/mol. The van der Waals surface area contributed by atoms with Crippen LogP contribution in [0.5, 0.6) is 0 Å². The third-order valence-electron chi connectivity index (χ3n) is 5.54. The fourth-order valence-corrected chi connectivity index (χ4v) is 5.58. The van der Waals surface area contributed by atoms with E-state index < -0.39 is 32.6 Å². The van der Waals surface area contributed by atoms with E-state index in [2.05, 4.69) is 0 Å². The number of rotatable bonds is 8. The smallest absolute Gasteiger partial charge is 0.410 e. The van der Waals surface area contributed by atoms with Gasteiger partial charge in [-0.2, -0.15) is 0 Å². The Morgan fingerprint density at radius 3 is 2.32 bits per heavy atom. The van der Waals surface area contributed by atoms with Gasteiger partial charge in [0, 0.05) is 19.3 Å². The van der Waals surface area contributed by atoms with Gasteiger partial charge in [0.05, 0.1) is 0 Å². The van der Waals surface area contributed by atoms with Crippen LogP contribution in [-0.4, -0.2) is 54.6 Å². The lowest BCUT2D eigenvalue weighted by molar-refractivity contribution is -0.142. The van der Waals surface area contributed by atoms with E-state index in [1.54, 1.807) is 0 Å². The second-order valence-corrected chi connectivity index (χ2v) is 9.64. The van der Waals surface area contributed by atoms with Crippen molar-refractivity contribution in [1.82, 2.24) is 4.90 Å². The highest BCUT2D eigenvalue weighted by atomic mass is 32.2. The fraction of sp³-hybridized carbons (Fsp3) is 0.600. The normalized spacial score (nSPS) is 17.7. The van der Waals surface area contributed by atoms with Crippen LogP contribution in [0.1, 0.15) is 44.6 Å². The molecular formula is C20H29NO6S. The molecule has 1 fully saturated rings. The lowest BCUT2D eigenvalue weighted by Gasteiger charge is -2.40. The number of carbonyl (C=O) groups excluding carboxylic acids is 1. The topological polar surface area (TPSA) is 101 Å². The maximum Gasteiger partial charge on any atom is 0.410 e. The van der Waals surface area contributed by atoms with Crippen LogP contribution in [0.15, 0.2) is 30.3 Å². The number of carbonyl (C=O) groups is 2. The molecule has 7 nitrogen and oxygen atoms in total. The van der Waals surface area contributed by atoms with Gasteiger partial charge in [-0.25, -0.2) is 13.2 Å². The van der Waals surface area contributed by atoms with Crippen molar-refractivity contribution in [1.29, 1.82) is 0 Å². The van der Waals surface area contributed by atoms with Crippen molar-refractivity contribution in [2.45, 2.75) is 50.4 Å². The third kappa shape index (κ3) is 4.84. The lowest BCUT2D eigenvalue weighted by atomic mass is 9.80. The van der Waals surface area contributed by atoms with E-state index >= 15 is 0 Å². The summed E-state index contributed by atoms with van der Waals surface area (Å²) in [5.74, 6) is -1.81.